The molecule has 0 unspecified atom stereocenters. The van der Waals surface area contributed by atoms with Crippen molar-refractivity contribution >= 4 is 22.5 Å². The molecule has 9 heteroatoms. The van der Waals surface area contributed by atoms with E-state index in [1.165, 1.54) is 0 Å². The lowest BCUT2D eigenvalue weighted by atomic mass is 10.0. The smallest absolute Gasteiger partial charge is 0.387 e. The van der Waals surface area contributed by atoms with Crippen LogP contribution in [0.4, 0.5) is 20.3 Å². The van der Waals surface area contributed by atoms with Crippen LogP contribution in [0.3, 0.4) is 0 Å². The Morgan fingerprint density at radius 3 is 2.59 bits per heavy atom. The molecule has 1 aromatic carbocycles. The van der Waals surface area contributed by atoms with Gasteiger partial charge >= 0.3 is 6.61 Å². The molecule has 4 rings (SSSR count). The number of alkyl halides is 2. The number of halogens is 2. The fourth-order valence-electron chi connectivity index (χ4n) is 4.62. The van der Waals surface area contributed by atoms with Crippen LogP contribution in [0.15, 0.2) is 47.3 Å². The Morgan fingerprint density at radius 2 is 1.94 bits per heavy atom. The summed E-state index contributed by atoms with van der Waals surface area (Å²) in [7, 11) is 1.71. The Labute approximate surface area is 197 Å². The first-order chi connectivity index (χ1) is 16.3. The first-order valence-electron chi connectivity index (χ1n) is 11.2. The molecule has 0 spiro atoms. The molecule has 0 aliphatic carbocycles. The molecule has 1 aliphatic heterocycles. The average Bonchev–Trinajstić information content (AvgIpc) is 2.82. The lowest BCUT2D eigenvalue weighted by Gasteiger charge is -2.46. The van der Waals surface area contributed by atoms with Crippen LogP contribution in [0.25, 0.3) is 15.9 Å². The molecule has 3 heterocycles. The molecule has 34 heavy (non-hydrogen) atoms. The quantitative estimate of drug-likeness (QED) is 0.497. The van der Waals surface area contributed by atoms with Gasteiger partial charge in [-0.1, -0.05) is 25.6 Å². The van der Waals surface area contributed by atoms with E-state index >= 15 is 0 Å². The van der Waals surface area contributed by atoms with Gasteiger partial charge in [-0.2, -0.15) is 8.78 Å². The summed E-state index contributed by atoms with van der Waals surface area (Å²) in [5, 5.41) is 0. The van der Waals surface area contributed by atoms with Gasteiger partial charge in [0, 0.05) is 44.8 Å². The van der Waals surface area contributed by atoms with Crippen LogP contribution >= 0.6 is 0 Å². The molecular formula is C25H27F2N5O2. The topological polar surface area (TPSA) is 55.0 Å². The van der Waals surface area contributed by atoms with Gasteiger partial charge in [0.25, 0.3) is 11.4 Å². The standard InChI is InChI=1S/C25H27F2N5O2/c1-5-18-15-32(21-12-23(33)30(4)20-10-11-22(28-3)29-24(20)21)16(2)13-31(18)14-17-6-8-19(9-7-17)34-25(26)27/h6-12,16,18,25H,5,13-15H2,1-2,4H3/t16-,18+/m0/s1. The molecule has 7 nitrogen and oxygen atoms in total. The molecule has 1 aliphatic rings. The summed E-state index contributed by atoms with van der Waals surface area (Å²) in [6, 6.07) is 12.1. The van der Waals surface area contributed by atoms with Crippen molar-refractivity contribution < 1.29 is 13.5 Å². The highest BCUT2D eigenvalue weighted by molar-refractivity contribution is 5.89. The van der Waals surface area contributed by atoms with Gasteiger partial charge in [0.05, 0.1) is 11.2 Å². The molecule has 0 bridgehead atoms. The fourth-order valence-corrected chi connectivity index (χ4v) is 4.62. The fraction of sp³-hybridized carbons (Fsp3) is 0.400. The van der Waals surface area contributed by atoms with Gasteiger partial charge < -0.3 is 19.0 Å². The van der Waals surface area contributed by atoms with E-state index in [1.54, 1.807) is 41.9 Å². The van der Waals surface area contributed by atoms with E-state index in [4.69, 9.17) is 6.57 Å². The minimum Gasteiger partial charge on any atom is -0.435 e. The van der Waals surface area contributed by atoms with Gasteiger partial charge in [0.1, 0.15) is 5.75 Å². The summed E-state index contributed by atoms with van der Waals surface area (Å²) in [4.78, 5) is 25.3. The van der Waals surface area contributed by atoms with Crippen LogP contribution in [0.2, 0.25) is 0 Å². The monoisotopic (exact) mass is 467 g/mol. The van der Waals surface area contributed by atoms with E-state index in [0.717, 1.165) is 24.2 Å². The molecule has 1 fully saturated rings. The molecule has 0 amide bonds. The molecule has 178 valence electrons. The number of benzene rings is 1. The number of fused-ring (bicyclic) bond motifs is 1. The van der Waals surface area contributed by atoms with Crippen molar-refractivity contribution in [2.75, 3.05) is 18.0 Å². The summed E-state index contributed by atoms with van der Waals surface area (Å²) in [6.45, 7) is 10.9. The number of nitrogens with zero attached hydrogens (tertiary/aromatic N) is 5. The molecular weight excluding hydrogens is 440 g/mol. The van der Waals surface area contributed by atoms with Crippen molar-refractivity contribution in [1.82, 2.24) is 14.5 Å². The van der Waals surface area contributed by atoms with Gasteiger partial charge in [-0.05, 0) is 43.2 Å². The number of aromatic nitrogens is 2. The zero-order chi connectivity index (χ0) is 24.4. The Balaban J connectivity index is 1.61. The second-order valence-electron chi connectivity index (χ2n) is 8.59. The molecule has 1 saturated heterocycles. The Kier molecular flexibility index (Phi) is 6.80. The number of piperazine rings is 1. The first kappa shape index (κ1) is 23.6. The maximum atomic E-state index is 12.7. The van der Waals surface area contributed by atoms with Crippen LogP contribution in [0, 0.1) is 6.57 Å². The predicted molar refractivity (Wildman–Crippen MR) is 128 cm³/mol. The van der Waals surface area contributed by atoms with E-state index in [0.29, 0.717) is 29.9 Å². The number of hydrogen-bond donors (Lipinski definition) is 0. The van der Waals surface area contributed by atoms with Gasteiger partial charge in [0.15, 0.2) is 0 Å². The zero-order valence-electron chi connectivity index (χ0n) is 19.4. The van der Waals surface area contributed by atoms with Crippen molar-refractivity contribution in [3.05, 3.63) is 69.8 Å². The first-order valence-corrected chi connectivity index (χ1v) is 11.2. The van der Waals surface area contributed by atoms with Crippen LogP contribution < -0.4 is 15.2 Å². The third kappa shape index (κ3) is 4.73. The Morgan fingerprint density at radius 1 is 1.21 bits per heavy atom. The van der Waals surface area contributed by atoms with Gasteiger partial charge in [-0.15, -0.1) is 4.98 Å². The van der Waals surface area contributed by atoms with Crippen molar-refractivity contribution in [2.45, 2.75) is 45.5 Å². The highest BCUT2D eigenvalue weighted by Crippen LogP contribution is 2.31. The highest BCUT2D eigenvalue weighted by Gasteiger charge is 2.33. The second kappa shape index (κ2) is 9.77. The summed E-state index contributed by atoms with van der Waals surface area (Å²) < 4.78 is 30.8. The summed E-state index contributed by atoms with van der Waals surface area (Å²) in [5.41, 5.74) is 3.00. The number of ether oxygens (including phenoxy) is 1. The molecule has 2 atom stereocenters. The number of aryl methyl sites for hydroxylation is 1. The zero-order valence-corrected chi connectivity index (χ0v) is 19.4. The van der Waals surface area contributed by atoms with Crippen LogP contribution in [0.5, 0.6) is 5.75 Å². The van der Waals surface area contributed by atoms with E-state index < -0.39 is 6.61 Å². The van der Waals surface area contributed by atoms with Crippen molar-refractivity contribution in [2.24, 2.45) is 7.05 Å². The molecule has 0 saturated carbocycles. The minimum absolute atomic E-state index is 0.0953. The van der Waals surface area contributed by atoms with Gasteiger partial charge in [-0.3, -0.25) is 9.69 Å². The van der Waals surface area contributed by atoms with Gasteiger partial charge in [-0.25, -0.2) is 0 Å². The van der Waals surface area contributed by atoms with Crippen LogP contribution in [-0.4, -0.2) is 46.2 Å². The SMILES string of the molecule is [C-]#[N+]c1ccc2c(n1)c(N1C[C@@H](CC)N(Cc3ccc(OC(F)F)cc3)C[C@@H]1C)cc(=O)n2C. The number of pyridine rings is 2. The third-order valence-corrected chi connectivity index (χ3v) is 6.44. The third-order valence-electron chi connectivity index (χ3n) is 6.44. The lowest BCUT2D eigenvalue weighted by Crippen LogP contribution is -2.57. The average molecular weight is 468 g/mol. The highest BCUT2D eigenvalue weighted by atomic mass is 19.3. The van der Waals surface area contributed by atoms with E-state index in [-0.39, 0.29) is 23.4 Å². The molecule has 2 aromatic heterocycles. The second-order valence-corrected chi connectivity index (χ2v) is 8.59. The summed E-state index contributed by atoms with van der Waals surface area (Å²) in [6.07, 6.45) is 0.902. The maximum Gasteiger partial charge on any atom is 0.387 e. The van der Waals surface area contributed by atoms with E-state index in [2.05, 4.69) is 38.2 Å². The Bertz CT molecular complexity index is 1270. The van der Waals surface area contributed by atoms with Gasteiger partial charge in [0.2, 0.25) is 5.52 Å². The number of rotatable bonds is 6. The number of hydrogen-bond acceptors (Lipinski definition) is 5. The summed E-state index contributed by atoms with van der Waals surface area (Å²) in [5.74, 6) is 0.442. The molecule has 0 N–H and O–H groups in total. The maximum absolute atomic E-state index is 12.7. The molecule has 0 radical (unpaired) electrons. The van der Waals surface area contributed by atoms with Crippen LogP contribution in [0.1, 0.15) is 25.8 Å². The predicted octanol–water partition coefficient (Wildman–Crippen LogP) is 4.57. The normalized spacial score (nSPS) is 18.9. The largest absolute Gasteiger partial charge is 0.435 e. The lowest BCUT2D eigenvalue weighted by molar-refractivity contribution is -0.0498. The van der Waals surface area contributed by atoms with E-state index in [1.807, 2.05) is 12.1 Å². The Hall–Kier alpha value is -3.51. The number of anilines is 1. The summed E-state index contributed by atoms with van der Waals surface area (Å²) >= 11 is 0. The van der Waals surface area contributed by atoms with Crippen molar-refractivity contribution in [3.63, 3.8) is 0 Å². The van der Waals surface area contributed by atoms with Crippen molar-refractivity contribution in [3.8, 4) is 5.75 Å². The minimum atomic E-state index is -2.84. The van der Waals surface area contributed by atoms with E-state index in [9.17, 15) is 13.6 Å². The molecule has 3 aromatic rings. The van der Waals surface area contributed by atoms with Crippen LogP contribution in [-0.2, 0) is 13.6 Å². The van der Waals surface area contributed by atoms with Crippen molar-refractivity contribution in [1.29, 1.82) is 0 Å².